The van der Waals surface area contributed by atoms with Gasteiger partial charge in [-0.15, -0.1) is 0 Å². The molecule has 192 valence electrons. The van der Waals surface area contributed by atoms with Crippen LogP contribution in [0, 0.1) is 44.3 Å². The predicted molar refractivity (Wildman–Crippen MR) is 137 cm³/mol. The number of carbonyl (C=O) groups is 1. The zero-order valence-corrected chi connectivity index (χ0v) is 23.3. The maximum Gasteiger partial charge on any atom is 0.311 e. The van der Waals surface area contributed by atoms with Gasteiger partial charge in [0.25, 0.3) is 0 Å². The maximum atomic E-state index is 12.9. The Morgan fingerprint density at radius 2 is 1.50 bits per heavy atom. The standard InChI is InChI=1S/C31H50O3/c1-26(2)22-10-9-21-20(29(22,5)13-12-24(26)32)11-14-31(7)23-19-28(4,25(33)34-8)16-15-27(23,3)17-18-30(21,31)6/h22-24,32H,9-19H2,1-8H3/t22-,23+,24-,27+,28+,29+,30+,31-/m0/s1. The Labute approximate surface area is 208 Å². The van der Waals surface area contributed by atoms with Crippen LogP contribution in [0.3, 0.4) is 0 Å². The lowest BCUT2D eigenvalue weighted by Crippen LogP contribution is -2.61. The molecule has 34 heavy (non-hydrogen) atoms. The number of ether oxygens (including phenoxy) is 1. The monoisotopic (exact) mass is 470 g/mol. The summed E-state index contributed by atoms with van der Waals surface area (Å²) in [4.78, 5) is 12.9. The Morgan fingerprint density at radius 3 is 2.18 bits per heavy atom. The Bertz CT molecular complexity index is 918. The van der Waals surface area contributed by atoms with Gasteiger partial charge < -0.3 is 9.84 Å². The largest absolute Gasteiger partial charge is 0.469 e. The normalized spacial score (nSPS) is 52.1. The van der Waals surface area contributed by atoms with Gasteiger partial charge in [-0.1, -0.05) is 52.7 Å². The van der Waals surface area contributed by atoms with Gasteiger partial charge in [-0.05, 0) is 116 Å². The minimum Gasteiger partial charge on any atom is -0.469 e. The molecular weight excluding hydrogens is 420 g/mol. The van der Waals surface area contributed by atoms with Crippen molar-refractivity contribution in [1.29, 1.82) is 0 Å². The first-order chi connectivity index (χ1) is 15.7. The van der Waals surface area contributed by atoms with Crippen molar-refractivity contribution in [1.82, 2.24) is 0 Å². The average Bonchev–Trinajstić information content (AvgIpc) is 2.78. The van der Waals surface area contributed by atoms with Gasteiger partial charge in [0.05, 0.1) is 18.6 Å². The van der Waals surface area contributed by atoms with Crippen LogP contribution in [0.15, 0.2) is 11.1 Å². The summed E-state index contributed by atoms with van der Waals surface area (Å²) in [5.74, 6) is 1.12. The number of aliphatic hydroxyl groups is 1. The summed E-state index contributed by atoms with van der Waals surface area (Å²) in [6.45, 7) is 17.1. The molecule has 3 saturated carbocycles. The fraction of sp³-hybridized carbons (Fsp3) is 0.903. The lowest BCUT2D eigenvalue weighted by atomic mass is 9.35. The van der Waals surface area contributed by atoms with E-state index in [0.29, 0.717) is 17.3 Å². The van der Waals surface area contributed by atoms with E-state index in [1.807, 2.05) is 0 Å². The highest BCUT2D eigenvalue weighted by Gasteiger charge is 2.66. The number of methoxy groups -OCH3 is 1. The number of allylic oxidation sites excluding steroid dienone is 2. The van der Waals surface area contributed by atoms with E-state index in [4.69, 9.17) is 4.74 Å². The average molecular weight is 471 g/mol. The van der Waals surface area contributed by atoms with Crippen LogP contribution in [0.4, 0.5) is 0 Å². The molecule has 0 spiro atoms. The van der Waals surface area contributed by atoms with Crippen LogP contribution >= 0.6 is 0 Å². The molecule has 0 heterocycles. The zero-order chi connectivity index (χ0) is 24.9. The van der Waals surface area contributed by atoms with Gasteiger partial charge in [0.1, 0.15) is 0 Å². The van der Waals surface area contributed by atoms with Crippen LogP contribution in [0.25, 0.3) is 0 Å². The van der Waals surface area contributed by atoms with Crippen LogP contribution in [0.5, 0.6) is 0 Å². The van der Waals surface area contributed by atoms with E-state index in [-0.39, 0.29) is 39.1 Å². The molecule has 8 atom stereocenters. The summed E-state index contributed by atoms with van der Waals surface area (Å²) in [5, 5.41) is 10.9. The number of hydrogen-bond acceptors (Lipinski definition) is 3. The highest BCUT2D eigenvalue weighted by Crippen LogP contribution is 2.75. The highest BCUT2D eigenvalue weighted by atomic mass is 16.5. The second-order valence-electron chi connectivity index (χ2n) is 15.1. The zero-order valence-electron chi connectivity index (χ0n) is 23.3. The first-order valence-electron chi connectivity index (χ1n) is 14.2. The molecule has 0 aliphatic heterocycles. The van der Waals surface area contributed by atoms with Crippen LogP contribution in [-0.4, -0.2) is 24.3 Å². The van der Waals surface area contributed by atoms with Crippen molar-refractivity contribution in [2.45, 2.75) is 125 Å². The fourth-order valence-corrected chi connectivity index (χ4v) is 10.7. The summed E-state index contributed by atoms with van der Waals surface area (Å²) in [6, 6.07) is 0. The van der Waals surface area contributed by atoms with Gasteiger partial charge in [-0.3, -0.25) is 4.79 Å². The fourth-order valence-electron chi connectivity index (χ4n) is 10.7. The third-order valence-corrected chi connectivity index (χ3v) is 13.4. The van der Waals surface area contributed by atoms with E-state index in [1.54, 1.807) is 18.3 Å². The minimum absolute atomic E-state index is 0.00263. The summed E-state index contributed by atoms with van der Waals surface area (Å²) in [6.07, 6.45) is 12.4. The Kier molecular flexibility index (Phi) is 5.38. The molecule has 1 N–H and O–H groups in total. The molecule has 3 nitrogen and oxygen atoms in total. The van der Waals surface area contributed by atoms with Gasteiger partial charge in [-0.25, -0.2) is 0 Å². The van der Waals surface area contributed by atoms with Gasteiger partial charge in [0, 0.05) is 0 Å². The topological polar surface area (TPSA) is 46.5 Å². The van der Waals surface area contributed by atoms with Crippen molar-refractivity contribution in [3.63, 3.8) is 0 Å². The van der Waals surface area contributed by atoms with E-state index in [0.717, 1.165) is 32.1 Å². The summed E-state index contributed by atoms with van der Waals surface area (Å²) in [7, 11) is 1.56. The molecule has 5 aliphatic rings. The van der Waals surface area contributed by atoms with Gasteiger partial charge in [0.15, 0.2) is 0 Å². The third-order valence-electron chi connectivity index (χ3n) is 13.4. The molecule has 0 saturated heterocycles. The van der Waals surface area contributed by atoms with Crippen LogP contribution in [-0.2, 0) is 9.53 Å². The van der Waals surface area contributed by atoms with Crippen molar-refractivity contribution in [2.24, 2.45) is 44.3 Å². The SMILES string of the molecule is COC(=O)[C@]1(C)CC[C@]2(C)CC[C@]3(C)C4=C(CC[C@@]3(C)[C@@H]2C1)[C@@]1(C)CC[C@H](O)C(C)(C)[C@@H]1CC4. The number of aliphatic hydroxyl groups excluding tert-OH is 1. The molecule has 0 aromatic rings. The van der Waals surface area contributed by atoms with Crippen LogP contribution in [0.1, 0.15) is 119 Å². The van der Waals surface area contributed by atoms with Crippen molar-refractivity contribution in [3.05, 3.63) is 11.1 Å². The molecule has 0 aromatic heterocycles. The number of fused-ring (bicyclic) bond motifs is 6. The molecular formula is C31H50O3. The minimum atomic E-state index is -0.345. The summed E-state index contributed by atoms with van der Waals surface area (Å²) < 4.78 is 5.32. The lowest BCUT2D eigenvalue weighted by Gasteiger charge is -2.69. The first-order valence-corrected chi connectivity index (χ1v) is 14.2. The Hall–Kier alpha value is -0.830. The summed E-state index contributed by atoms with van der Waals surface area (Å²) >= 11 is 0. The highest BCUT2D eigenvalue weighted by molar-refractivity contribution is 5.76. The van der Waals surface area contributed by atoms with Crippen LogP contribution in [0.2, 0.25) is 0 Å². The van der Waals surface area contributed by atoms with Gasteiger partial charge in [0.2, 0.25) is 0 Å². The molecule has 3 heteroatoms. The lowest BCUT2D eigenvalue weighted by molar-refractivity contribution is -0.177. The summed E-state index contributed by atoms with van der Waals surface area (Å²) in [5.41, 5.74) is 4.21. The second-order valence-corrected chi connectivity index (χ2v) is 15.1. The number of rotatable bonds is 1. The molecule has 0 bridgehead atoms. The van der Waals surface area contributed by atoms with Crippen molar-refractivity contribution >= 4 is 5.97 Å². The number of hydrogen-bond donors (Lipinski definition) is 1. The molecule has 0 amide bonds. The van der Waals surface area contributed by atoms with E-state index in [9.17, 15) is 9.90 Å². The Morgan fingerprint density at radius 1 is 0.824 bits per heavy atom. The van der Waals surface area contributed by atoms with Crippen molar-refractivity contribution < 1.29 is 14.6 Å². The number of esters is 1. The number of carbonyl (C=O) groups excluding carboxylic acids is 1. The Balaban J connectivity index is 1.57. The van der Waals surface area contributed by atoms with E-state index >= 15 is 0 Å². The first kappa shape index (κ1) is 24.8. The molecule has 0 aromatic carbocycles. The molecule has 0 radical (unpaired) electrons. The molecule has 3 fully saturated rings. The third kappa shape index (κ3) is 2.94. The molecule has 0 unspecified atom stereocenters. The smallest absolute Gasteiger partial charge is 0.311 e. The molecule has 5 rings (SSSR count). The van der Waals surface area contributed by atoms with Crippen LogP contribution < -0.4 is 0 Å². The van der Waals surface area contributed by atoms with E-state index in [1.165, 1.54) is 38.5 Å². The second kappa shape index (κ2) is 7.36. The van der Waals surface area contributed by atoms with Gasteiger partial charge in [-0.2, -0.15) is 0 Å². The maximum absolute atomic E-state index is 12.9. The predicted octanol–water partition coefficient (Wildman–Crippen LogP) is 7.47. The van der Waals surface area contributed by atoms with Gasteiger partial charge >= 0.3 is 5.97 Å². The van der Waals surface area contributed by atoms with Crippen molar-refractivity contribution in [2.75, 3.05) is 7.11 Å². The molecule has 5 aliphatic carbocycles. The van der Waals surface area contributed by atoms with E-state index in [2.05, 4.69) is 48.5 Å². The van der Waals surface area contributed by atoms with E-state index < -0.39 is 0 Å². The van der Waals surface area contributed by atoms with Crippen molar-refractivity contribution in [3.8, 4) is 0 Å². The quantitative estimate of drug-likeness (QED) is 0.319.